The number of para-hydroxylation sites is 1. The van der Waals surface area contributed by atoms with E-state index < -0.39 is 0 Å². The molecule has 26 heavy (non-hydrogen) atoms. The van der Waals surface area contributed by atoms with E-state index in [0.29, 0.717) is 18.5 Å². The minimum atomic E-state index is -0.223. The first-order chi connectivity index (χ1) is 12.9. The number of rotatable bonds is 4. The first kappa shape index (κ1) is 14.9. The maximum absolute atomic E-state index is 5.90. The summed E-state index contributed by atoms with van der Waals surface area (Å²) in [6.45, 7) is 0.592. The molecule has 3 heterocycles. The molecule has 6 nitrogen and oxygen atoms in total. The van der Waals surface area contributed by atoms with Gasteiger partial charge in [0.05, 0.1) is 0 Å². The standard InChI is InChI=1S/C20H16N4O2/c1-2-7-17-13(4-1)10-18(25-17)19-23-24-20(26-19)22-12-15-6-3-5-14-11-21-9-8-16(14)15/h1-9,11,18H,10,12H2,(H,22,24). The Hall–Kier alpha value is -3.41. The lowest BCUT2D eigenvalue weighted by atomic mass is 10.1. The zero-order valence-corrected chi connectivity index (χ0v) is 13.9. The molecule has 0 saturated carbocycles. The van der Waals surface area contributed by atoms with Gasteiger partial charge in [-0.05, 0) is 28.6 Å². The van der Waals surface area contributed by atoms with Crippen molar-refractivity contribution in [3.8, 4) is 5.75 Å². The van der Waals surface area contributed by atoms with Gasteiger partial charge in [0.1, 0.15) is 5.75 Å². The molecule has 2 aromatic heterocycles. The van der Waals surface area contributed by atoms with E-state index in [2.05, 4.69) is 32.6 Å². The molecule has 1 aliphatic rings. The largest absolute Gasteiger partial charge is 0.480 e. The van der Waals surface area contributed by atoms with Crippen LogP contribution in [0.4, 0.5) is 6.01 Å². The van der Waals surface area contributed by atoms with Crippen LogP contribution in [0.15, 0.2) is 65.3 Å². The normalized spacial score (nSPS) is 15.6. The number of aromatic nitrogens is 3. The van der Waals surface area contributed by atoms with E-state index in [4.69, 9.17) is 9.15 Å². The summed E-state index contributed by atoms with van der Waals surface area (Å²) < 4.78 is 11.7. The van der Waals surface area contributed by atoms with Crippen molar-refractivity contribution in [2.24, 2.45) is 0 Å². The Morgan fingerprint density at radius 3 is 2.96 bits per heavy atom. The van der Waals surface area contributed by atoms with Gasteiger partial charge in [0.25, 0.3) is 5.89 Å². The fourth-order valence-electron chi connectivity index (χ4n) is 3.27. The summed E-state index contributed by atoms with van der Waals surface area (Å²) in [5.74, 6) is 1.38. The third-order valence-corrected chi connectivity index (χ3v) is 4.56. The van der Waals surface area contributed by atoms with E-state index >= 15 is 0 Å². The second kappa shape index (κ2) is 6.15. The summed E-state index contributed by atoms with van der Waals surface area (Å²) in [4.78, 5) is 4.16. The number of nitrogens with zero attached hydrogens (tertiary/aromatic N) is 3. The molecule has 1 unspecified atom stereocenters. The van der Waals surface area contributed by atoms with Crippen molar-refractivity contribution >= 4 is 16.8 Å². The molecule has 6 heteroatoms. The number of hydrogen-bond acceptors (Lipinski definition) is 6. The number of anilines is 1. The van der Waals surface area contributed by atoms with Crippen LogP contribution in [0.2, 0.25) is 0 Å². The fourth-order valence-corrected chi connectivity index (χ4v) is 3.27. The summed E-state index contributed by atoms with van der Waals surface area (Å²) in [5, 5.41) is 13.7. The number of fused-ring (bicyclic) bond motifs is 2. The molecule has 0 amide bonds. The number of ether oxygens (including phenoxy) is 1. The van der Waals surface area contributed by atoms with Gasteiger partial charge in [-0.1, -0.05) is 41.5 Å². The number of pyridine rings is 1. The summed E-state index contributed by atoms with van der Waals surface area (Å²) in [6.07, 6.45) is 4.18. The zero-order chi connectivity index (χ0) is 17.3. The molecule has 0 bridgehead atoms. The SMILES string of the molecule is c1ccc2c(c1)CC(c1nnc(NCc3cccc4cnccc34)o1)O2. The van der Waals surface area contributed by atoms with Crippen LogP contribution in [0.1, 0.15) is 23.1 Å². The molecule has 4 aromatic rings. The predicted molar refractivity (Wildman–Crippen MR) is 96.9 cm³/mol. The highest BCUT2D eigenvalue weighted by molar-refractivity contribution is 5.84. The fraction of sp³-hybridized carbons (Fsp3) is 0.150. The van der Waals surface area contributed by atoms with Gasteiger partial charge in [-0.15, -0.1) is 5.10 Å². The van der Waals surface area contributed by atoms with Crippen LogP contribution < -0.4 is 10.1 Å². The predicted octanol–water partition coefficient (Wildman–Crippen LogP) is 3.91. The molecule has 128 valence electrons. The molecule has 0 aliphatic carbocycles. The molecule has 1 atom stereocenters. The van der Waals surface area contributed by atoms with Crippen molar-refractivity contribution in [1.29, 1.82) is 0 Å². The van der Waals surface area contributed by atoms with Gasteiger partial charge < -0.3 is 14.5 Å². The van der Waals surface area contributed by atoms with E-state index in [1.54, 1.807) is 6.20 Å². The quantitative estimate of drug-likeness (QED) is 0.605. The van der Waals surface area contributed by atoms with E-state index in [1.165, 1.54) is 0 Å². The molecular weight excluding hydrogens is 328 g/mol. The van der Waals surface area contributed by atoms with Crippen LogP contribution in [-0.4, -0.2) is 15.2 Å². The van der Waals surface area contributed by atoms with Crippen LogP contribution in [-0.2, 0) is 13.0 Å². The minimum absolute atomic E-state index is 0.223. The molecule has 1 aliphatic heterocycles. The van der Waals surface area contributed by atoms with E-state index in [9.17, 15) is 0 Å². The summed E-state index contributed by atoms with van der Waals surface area (Å²) >= 11 is 0. The van der Waals surface area contributed by atoms with Crippen LogP contribution >= 0.6 is 0 Å². The third kappa shape index (κ3) is 2.65. The Balaban J connectivity index is 1.31. The smallest absolute Gasteiger partial charge is 0.315 e. The molecule has 0 spiro atoms. The maximum atomic E-state index is 5.90. The van der Waals surface area contributed by atoms with Gasteiger partial charge >= 0.3 is 6.01 Å². The average molecular weight is 344 g/mol. The Kier molecular flexibility index (Phi) is 3.52. The lowest BCUT2D eigenvalue weighted by molar-refractivity contribution is 0.199. The van der Waals surface area contributed by atoms with Crippen molar-refractivity contribution in [1.82, 2.24) is 15.2 Å². The number of nitrogens with one attached hydrogen (secondary N) is 1. The van der Waals surface area contributed by atoms with Crippen LogP contribution in [0, 0.1) is 0 Å². The summed E-state index contributed by atoms with van der Waals surface area (Å²) in [5.41, 5.74) is 2.31. The van der Waals surface area contributed by atoms with E-state index in [1.807, 2.05) is 42.6 Å². The molecule has 0 radical (unpaired) electrons. The van der Waals surface area contributed by atoms with Gasteiger partial charge in [0.2, 0.25) is 0 Å². The minimum Gasteiger partial charge on any atom is -0.480 e. The van der Waals surface area contributed by atoms with Crippen LogP contribution in [0.5, 0.6) is 5.75 Å². The molecular formula is C20H16N4O2. The molecule has 5 rings (SSSR count). The Labute approximate surface area is 149 Å². The number of hydrogen-bond donors (Lipinski definition) is 1. The van der Waals surface area contributed by atoms with Crippen LogP contribution in [0.3, 0.4) is 0 Å². The number of benzene rings is 2. The highest BCUT2D eigenvalue weighted by Gasteiger charge is 2.28. The first-order valence-corrected chi connectivity index (χ1v) is 8.50. The van der Waals surface area contributed by atoms with Gasteiger partial charge in [0, 0.05) is 30.7 Å². The molecule has 0 saturated heterocycles. The highest BCUT2D eigenvalue weighted by Crippen LogP contribution is 2.36. The molecule has 1 N–H and O–H groups in total. The Morgan fingerprint density at radius 2 is 2.00 bits per heavy atom. The first-order valence-electron chi connectivity index (χ1n) is 8.50. The second-order valence-corrected chi connectivity index (χ2v) is 6.23. The van der Waals surface area contributed by atoms with Crippen LogP contribution in [0.25, 0.3) is 10.8 Å². The molecule has 2 aromatic carbocycles. The summed E-state index contributed by atoms with van der Waals surface area (Å²) in [6, 6.07) is 16.5. The van der Waals surface area contributed by atoms with Crippen molar-refractivity contribution in [3.63, 3.8) is 0 Å². The average Bonchev–Trinajstić information content (AvgIpc) is 3.33. The Morgan fingerprint density at radius 1 is 1.04 bits per heavy atom. The van der Waals surface area contributed by atoms with Gasteiger partial charge in [-0.3, -0.25) is 4.98 Å². The van der Waals surface area contributed by atoms with Crippen molar-refractivity contribution in [3.05, 3.63) is 77.9 Å². The Bertz CT molecular complexity index is 1050. The van der Waals surface area contributed by atoms with Gasteiger partial charge in [-0.2, -0.15) is 0 Å². The lowest BCUT2D eigenvalue weighted by Crippen LogP contribution is -2.03. The van der Waals surface area contributed by atoms with Crippen molar-refractivity contribution < 1.29 is 9.15 Å². The second-order valence-electron chi connectivity index (χ2n) is 6.23. The third-order valence-electron chi connectivity index (χ3n) is 4.56. The van der Waals surface area contributed by atoms with E-state index in [-0.39, 0.29) is 6.10 Å². The van der Waals surface area contributed by atoms with Crippen molar-refractivity contribution in [2.45, 2.75) is 19.1 Å². The monoisotopic (exact) mass is 344 g/mol. The van der Waals surface area contributed by atoms with Gasteiger partial charge in [-0.25, -0.2) is 0 Å². The zero-order valence-electron chi connectivity index (χ0n) is 13.9. The lowest BCUT2D eigenvalue weighted by Gasteiger charge is -2.07. The summed E-state index contributed by atoms with van der Waals surface area (Å²) in [7, 11) is 0. The molecule has 0 fully saturated rings. The van der Waals surface area contributed by atoms with Crippen molar-refractivity contribution in [2.75, 3.05) is 5.32 Å². The topological polar surface area (TPSA) is 73.1 Å². The maximum Gasteiger partial charge on any atom is 0.315 e. The van der Waals surface area contributed by atoms with Gasteiger partial charge in [0.15, 0.2) is 6.10 Å². The highest BCUT2D eigenvalue weighted by atomic mass is 16.5. The van der Waals surface area contributed by atoms with E-state index in [0.717, 1.165) is 34.1 Å².